The molecule has 6 nitrogen and oxygen atoms in total. The molecule has 1 aromatic carbocycles. The Kier molecular flexibility index (Phi) is 2.42. The summed E-state index contributed by atoms with van der Waals surface area (Å²) in [4.78, 5) is 27.0. The third-order valence-electron chi connectivity index (χ3n) is 6.66. The van der Waals surface area contributed by atoms with Crippen LogP contribution in [0.3, 0.4) is 0 Å². The predicted octanol–water partition coefficient (Wildman–Crippen LogP) is 1.52. The van der Waals surface area contributed by atoms with Gasteiger partial charge in [0, 0.05) is 23.8 Å². The van der Waals surface area contributed by atoms with Gasteiger partial charge in [-0.1, -0.05) is 30.4 Å². The number of fused-ring (bicyclic) bond motifs is 7. The van der Waals surface area contributed by atoms with Crippen molar-refractivity contribution in [2.75, 3.05) is 11.5 Å². The number of aliphatic carboxylic acids is 1. The lowest BCUT2D eigenvalue weighted by molar-refractivity contribution is -0.146. The monoisotopic (exact) mass is 339 g/mol. The first-order valence-corrected chi connectivity index (χ1v) is 8.77. The quantitative estimate of drug-likeness (QED) is 0.785. The molecule has 1 amide bonds. The molecule has 5 aliphatic heterocycles. The Morgan fingerprint density at radius 2 is 2.16 bits per heavy atom. The molecule has 0 unspecified atom stereocenters. The van der Waals surface area contributed by atoms with Crippen molar-refractivity contribution < 1.29 is 24.2 Å². The van der Waals surface area contributed by atoms with E-state index in [2.05, 4.69) is 0 Å². The van der Waals surface area contributed by atoms with Gasteiger partial charge in [0.25, 0.3) is 0 Å². The van der Waals surface area contributed by atoms with Crippen LogP contribution in [0.1, 0.15) is 18.1 Å². The minimum Gasteiger partial charge on any atom is -0.481 e. The second-order valence-electron chi connectivity index (χ2n) is 7.59. The zero-order chi connectivity index (χ0) is 16.9. The number of anilines is 1. The van der Waals surface area contributed by atoms with Crippen molar-refractivity contribution in [2.45, 2.75) is 30.3 Å². The summed E-state index contributed by atoms with van der Waals surface area (Å²) >= 11 is 0. The van der Waals surface area contributed by atoms with E-state index >= 15 is 0 Å². The molecule has 1 N–H and O–H groups in total. The molecule has 5 aliphatic rings. The minimum absolute atomic E-state index is 0.0571. The van der Waals surface area contributed by atoms with Gasteiger partial charge in [-0.3, -0.25) is 9.59 Å². The van der Waals surface area contributed by atoms with Crippen LogP contribution in [0.5, 0.6) is 0 Å². The van der Waals surface area contributed by atoms with Crippen LogP contribution in [0.25, 0.3) is 0 Å². The lowest BCUT2D eigenvalue weighted by atomic mass is 9.70. The number of para-hydroxylation sites is 1. The summed E-state index contributed by atoms with van der Waals surface area (Å²) in [6.45, 7) is 0.651. The lowest BCUT2D eigenvalue weighted by Gasteiger charge is -2.43. The summed E-state index contributed by atoms with van der Waals surface area (Å²) in [5.74, 6) is -2.42. The maximum Gasteiger partial charge on any atom is 0.310 e. The van der Waals surface area contributed by atoms with Gasteiger partial charge in [0.15, 0.2) is 0 Å². The highest BCUT2D eigenvalue weighted by molar-refractivity contribution is 6.04. The van der Waals surface area contributed by atoms with E-state index < -0.39 is 29.5 Å². The highest BCUT2D eigenvalue weighted by Crippen LogP contribution is 2.62. The number of rotatable bonds is 1. The zero-order valence-electron chi connectivity index (χ0n) is 13.4. The highest BCUT2D eigenvalue weighted by atomic mass is 16.5. The third kappa shape index (κ3) is 1.42. The molecule has 0 aliphatic carbocycles. The van der Waals surface area contributed by atoms with Crippen LogP contribution in [0, 0.1) is 17.8 Å². The summed E-state index contributed by atoms with van der Waals surface area (Å²) in [5, 5.41) is 9.70. The van der Waals surface area contributed by atoms with Crippen LogP contribution in [-0.2, 0) is 19.1 Å². The normalized spacial score (nSPS) is 45.3. The number of nitrogens with zero attached hydrogens (tertiary/aromatic N) is 1. The third-order valence-corrected chi connectivity index (χ3v) is 6.66. The Labute approximate surface area is 144 Å². The number of benzene rings is 1. The highest BCUT2D eigenvalue weighted by Gasteiger charge is 2.74. The first kappa shape index (κ1) is 14.0. The van der Waals surface area contributed by atoms with E-state index in [9.17, 15) is 14.7 Å². The molecule has 5 heterocycles. The largest absolute Gasteiger partial charge is 0.481 e. The maximum absolute atomic E-state index is 13.4. The topological polar surface area (TPSA) is 76.1 Å². The van der Waals surface area contributed by atoms with E-state index in [0.29, 0.717) is 6.61 Å². The summed E-state index contributed by atoms with van der Waals surface area (Å²) in [6, 6.07) is 7.61. The van der Waals surface area contributed by atoms with Crippen LogP contribution in [0.4, 0.5) is 5.69 Å². The fourth-order valence-electron chi connectivity index (χ4n) is 5.86. The van der Waals surface area contributed by atoms with Crippen LogP contribution < -0.4 is 4.90 Å². The van der Waals surface area contributed by atoms with Gasteiger partial charge in [-0.2, -0.15) is 0 Å². The van der Waals surface area contributed by atoms with Gasteiger partial charge in [-0.25, -0.2) is 0 Å². The van der Waals surface area contributed by atoms with Gasteiger partial charge < -0.3 is 19.5 Å². The van der Waals surface area contributed by atoms with E-state index in [1.54, 1.807) is 0 Å². The van der Waals surface area contributed by atoms with Crippen molar-refractivity contribution in [2.24, 2.45) is 17.8 Å². The maximum atomic E-state index is 13.4. The molecular weight excluding hydrogens is 322 g/mol. The van der Waals surface area contributed by atoms with Gasteiger partial charge >= 0.3 is 5.97 Å². The Bertz CT molecular complexity index is 850. The van der Waals surface area contributed by atoms with E-state index in [1.165, 1.54) is 0 Å². The molecule has 3 fully saturated rings. The molecule has 0 saturated carbocycles. The number of hydrogen-bond donors (Lipinski definition) is 1. The van der Waals surface area contributed by atoms with Gasteiger partial charge in [0.1, 0.15) is 11.5 Å². The minimum atomic E-state index is -0.957. The molecule has 2 bridgehead atoms. The number of carboxylic acid groups (broad SMARTS) is 1. The van der Waals surface area contributed by atoms with Gasteiger partial charge in [0.05, 0.1) is 24.2 Å². The smallest absolute Gasteiger partial charge is 0.310 e. The average Bonchev–Trinajstić information content (AvgIpc) is 3.35. The SMILES string of the molecule is O=C(O)[C@H]1[C@H]2C(=O)N3c4ccccc4[C@H]4OCC[C@H]4[C@@H]3[C@]23C=C[C@H]1O3. The molecule has 6 heteroatoms. The van der Waals surface area contributed by atoms with E-state index in [-0.39, 0.29) is 24.0 Å². The number of carbonyl (C=O) groups is 2. The number of amides is 1. The number of carbonyl (C=O) groups excluding carboxylic acids is 1. The lowest BCUT2D eigenvalue weighted by Crippen LogP contribution is -2.53. The predicted molar refractivity (Wildman–Crippen MR) is 85.9 cm³/mol. The zero-order valence-corrected chi connectivity index (χ0v) is 13.4. The molecular formula is C19H17NO5. The first-order chi connectivity index (χ1) is 12.1. The molecule has 7 atom stereocenters. The number of carboxylic acids is 1. The molecule has 0 radical (unpaired) electrons. The van der Waals surface area contributed by atoms with Crippen molar-refractivity contribution in [1.82, 2.24) is 0 Å². The Morgan fingerprint density at radius 1 is 1.32 bits per heavy atom. The number of ether oxygens (including phenoxy) is 2. The van der Waals surface area contributed by atoms with Gasteiger partial charge in [-0.05, 0) is 12.5 Å². The van der Waals surface area contributed by atoms with Crippen LogP contribution in [0.2, 0.25) is 0 Å². The van der Waals surface area contributed by atoms with E-state index in [0.717, 1.165) is 17.7 Å². The van der Waals surface area contributed by atoms with Gasteiger partial charge in [-0.15, -0.1) is 0 Å². The molecule has 25 heavy (non-hydrogen) atoms. The van der Waals surface area contributed by atoms with Crippen molar-refractivity contribution in [1.29, 1.82) is 0 Å². The molecule has 1 aromatic rings. The summed E-state index contributed by atoms with van der Waals surface area (Å²) < 4.78 is 12.2. The fourth-order valence-corrected chi connectivity index (χ4v) is 5.86. The van der Waals surface area contributed by atoms with Crippen molar-refractivity contribution in [3.63, 3.8) is 0 Å². The average molecular weight is 339 g/mol. The standard InChI is InChI=1S/C19H17NO5/c21-17-14-13(18(22)23)12-5-7-19(14,25-12)16-10-6-8-24-15(10)9-3-1-2-4-11(9)20(16)17/h1-5,7,10,12-16H,6,8H2,(H,22,23)/t10-,12-,13-,14+,15-,16-,19+/m1/s1. The molecule has 128 valence electrons. The summed E-state index contributed by atoms with van der Waals surface area (Å²) in [6.07, 6.45) is 4.07. The van der Waals surface area contributed by atoms with Crippen LogP contribution in [0.15, 0.2) is 36.4 Å². The van der Waals surface area contributed by atoms with Crippen molar-refractivity contribution in [3.05, 3.63) is 42.0 Å². The van der Waals surface area contributed by atoms with Crippen LogP contribution >= 0.6 is 0 Å². The molecule has 6 rings (SSSR count). The second-order valence-corrected chi connectivity index (χ2v) is 7.59. The Balaban J connectivity index is 1.59. The fraction of sp³-hybridized carbons (Fsp3) is 0.474. The van der Waals surface area contributed by atoms with Gasteiger partial charge in [0.2, 0.25) is 5.91 Å². The summed E-state index contributed by atoms with van der Waals surface area (Å²) in [7, 11) is 0. The second kappa shape index (κ2) is 4.31. The Morgan fingerprint density at radius 3 is 3.00 bits per heavy atom. The Hall–Kier alpha value is -2.18. The summed E-state index contributed by atoms with van der Waals surface area (Å²) in [5.41, 5.74) is 1.03. The van der Waals surface area contributed by atoms with E-state index in [4.69, 9.17) is 9.47 Å². The van der Waals surface area contributed by atoms with Crippen molar-refractivity contribution >= 4 is 17.6 Å². The number of hydrogen-bond acceptors (Lipinski definition) is 4. The van der Waals surface area contributed by atoms with Crippen LogP contribution in [-0.4, -0.2) is 41.3 Å². The molecule has 3 saturated heterocycles. The van der Waals surface area contributed by atoms with Crippen molar-refractivity contribution in [3.8, 4) is 0 Å². The van der Waals surface area contributed by atoms with E-state index in [1.807, 2.05) is 41.3 Å². The first-order valence-electron chi connectivity index (χ1n) is 8.77. The molecule has 0 aromatic heterocycles. The molecule has 1 spiro atoms.